The molecule has 0 amide bonds. The van der Waals surface area contributed by atoms with Gasteiger partial charge in [-0.2, -0.15) is 0 Å². The lowest BCUT2D eigenvalue weighted by Gasteiger charge is -2.37. The van der Waals surface area contributed by atoms with Crippen molar-refractivity contribution in [1.29, 1.82) is 0 Å². The van der Waals surface area contributed by atoms with Gasteiger partial charge in [-0.05, 0) is 93.8 Å². The number of methoxy groups -OCH3 is 2. The summed E-state index contributed by atoms with van der Waals surface area (Å²) in [5.74, 6) is 2.22. The molecule has 0 N–H and O–H groups in total. The van der Waals surface area contributed by atoms with Gasteiger partial charge in [0.2, 0.25) is 0 Å². The van der Waals surface area contributed by atoms with Crippen molar-refractivity contribution >= 4 is 17.6 Å². The van der Waals surface area contributed by atoms with Crippen LogP contribution in [-0.4, -0.2) is 31.4 Å². The van der Waals surface area contributed by atoms with E-state index >= 15 is 0 Å². The van der Waals surface area contributed by atoms with Crippen LogP contribution >= 0.6 is 11.6 Å². The van der Waals surface area contributed by atoms with Crippen LogP contribution in [0, 0.1) is 6.92 Å². The molecule has 4 aromatic rings. The summed E-state index contributed by atoms with van der Waals surface area (Å²) in [4.78, 5) is 13.7. The first-order chi connectivity index (χ1) is 18.7. The predicted octanol–water partition coefficient (Wildman–Crippen LogP) is 8.06. The second kappa shape index (κ2) is 10.3. The Balaban J connectivity index is 1.75. The van der Waals surface area contributed by atoms with Crippen LogP contribution in [0.15, 0.2) is 60.7 Å². The lowest BCUT2D eigenvalue weighted by molar-refractivity contribution is 0.0528. The highest BCUT2D eigenvalue weighted by Gasteiger charge is 2.39. The Bertz CT molecular complexity index is 1550. The summed E-state index contributed by atoms with van der Waals surface area (Å²) in [5, 5.41) is 0.641. The summed E-state index contributed by atoms with van der Waals surface area (Å²) in [6.07, 6.45) is 0.757. The summed E-state index contributed by atoms with van der Waals surface area (Å²) in [7, 11) is 3.25. The topological polar surface area (TPSA) is 58.9 Å². The number of hydrogen-bond acceptors (Lipinski definition) is 5. The number of fused-ring (bicyclic) bond motifs is 3. The molecule has 0 spiro atoms. The number of rotatable bonds is 7. The fourth-order valence-corrected chi connectivity index (χ4v) is 5.77. The molecule has 5 rings (SSSR count). The Hall–Kier alpha value is -3.90. The van der Waals surface area contributed by atoms with E-state index in [9.17, 15) is 4.79 Å². The predicted molar refractivity (Wildman–Crippen MR) is 154 cm³/mol. The molecule has 0 fully saturated rings. The molecule has 1 aliphatic rings. The van der Waals surface area contributed by atoms with Gasteiger partial charge < -0.3 is 23.5 Å². The largest absolute Gasteiger partial charge is 0.493 e. The molecular formula is C32H32ClNO5. The third kappa shape index (κ3) is 4.74. The van der Waals surface area contributed by atoms with Gasteiger partial charge in [0.15, 0.2) is 11.5 Å². The van der Waals surface area contributed by atoms with Crippen molar-refractivity contribution in [3.63, 3.8) is 0 Å². The fourth-order valence-electron chi connectivity index (χ4n) is 5.64. The minimum absolute atomic E-state index is 0.268. The van der Waals surface area contributed by atoms with Crippen LogP contribution in [0.1, 0.15) is 42.4 Å². The van der Waals surface area contributed by atoms with Crippen molar-refractivity contribution in [1.82, 2.24) is 4.57 Å². The summed E-state index contributed by atoms with van der Waals surface area (Å²) in [6, 6.07) is 19.0. The van der Waals surface area contributed by atoms with Gasteiger partial charge in [-0.3, -0.25) is 0 Å². The number of aromatic nitrogens is 1. The number of carbonyl (C=O) groups is 1. The monoisotopic (exact) mass is 545 g/mol. The second-order valence-electron chi connectivity index (χ2n) is 10.2. The van der Waals surface area contributed by atoms with Gasteiger partial charge in [0.05, 0.1) is 32.1 Å². The molecule has 39 heavy (non-hydrogen) atoms. The zero-order chi connectivity index (χ0) is 27.9. The van der Waals surface area contributed by atoms with Crippen LogP contribution in [0.2, 0.25) is 5.02 Å². The van der Waals surface area contributed by atoms with E-state index in [2.05, 4.69) is 25.3 Å². The third-order valence-electron chi connectivity index (χ3n) is 7.15. The zero-order valence-corrected chi connectivity index (χ0v) is 23.8. The molecule has 0 aliphatic carbocycles. The maximum absolute atomic E-state index is 13.7. The number of hydrogen-bond donors (Lipinski definition) is 0. The maximum atomic E-state index is 13.7. The van der Waals surface area contributed by atoms with Gasteiger partial charge in [-0.15, -0.1) is 0 Å². The van der Waals surface area contributed by atoms with E-state index in [0.717, 1.165) is 40.1 Å². The molecule has 202 valence electrons. The number of benzene rings is 3. The standard InChI is InChI=1S/C32H32ClNO5/c1-7-38-31(35)29-28(20-9-8-10-24(15-20)39-23-13-11-22(33)12-14-23)19(2)34-30(29)25-17-27(37-6)26(36-5)16-21(25)18-32(34,3)4/h8-17H,7,18H2,1-6H3. The molecule has 0 bridgehead atoms. The van der Waals surface area contributed by atoms with E-state index < -0.39 is 0 Å². The van der Waals surface area contributed by atoms with Crippen molar-refractivity contribution < 1.29 is 23.7 Å². The molecule has 0 unspecified atom stereocenters. The van der Waals surface area contributed by atoms with E-state index in [-0.39, 0.29) is 18.1 Å². The molecular weight excluding hydrogens is 514 g/mol. The number of carbonyl (C=O) groups excluding carboxylic acids is 1. The highest BCUT2D eigenvalue weighted by molar-refractivity contribution is 6.30. The van der Waals surface area contributed by atoms with E-state index in [1.807, 2.05) is 55.5 Å². The molecule has 2 heterocycles. The van der Waals surface area contributed by atoms with Crippen LogP contribution in [0.4, 0.5) is 0 Å². The van der Waals surface area contributed by atoms with Gasteiger partial charge in [0.1, 0.15) is 11.5 Å². The highest BCUT2D eigenvalue weighted by atomic mass is 35.5. The van der Waals surface area contributed by atoms with Gasteiger partial charge in [-0.25, -0.2) is 4.79 Å². The van der Waals surface area contributed by atoms with E-state index in [1.54, 1.807) is 26.4 Å². The summed E-state index contributed by atoms with van der Waals surface area (Å²) in [6.45, 7) is 8.51. The first-order valence-electron chi connectivity index (χ1n) is 12.9. The summed E-state index contributed by atoms with van der Waals surface area (Å²) >= 11 is 6.04. The first-order valence-corrected chi connectivity index (χ1v) is 13.3. The average Bonchev–Trinajstić information content (AvgIpc) is 3.23. The number of ether oxygens (including phenoxy) is 4. The molecule has 0 saturated carbocycles. The van der Waals surface area contributed by atoms with Crippen LogP contribution < -0.4 is 14.2 Å². The molecule has 0 atom stereocenters. The quantitative estimate of drug-likeness (QED) is 0.220. The Morgan fingerprint density at radius 3 is 2.33 bits per heavy atom. The molecule has 1 aliphatic heterocycles. The lowest BCUT2D eigenvalue weighted by Crippen LogP contribution is -2.34. The Morgan fingerprint density at radius 1 is 0.974 bits per heavy atom. The molecule has 0 radical (unpaired) electrons. The van der Waals surface area contributed by atoms with Crippen LogP contribution in [0.3, 0.4) is 0 Å². The Kier molecular flexibility index (Phi) is 7.08. The van der Waals surface area contributed by atoms with Crippen LogP contribution in [0.25, 0.3) is 22.4 Å². The number of esters is 1. The van der Waals surface area contributed by atoms with Gasteiger partial charge >= 0.3 is 5.97 Å². The minimum Gasteiger partial charge on any atom is -0.493 e. The molecule has 6 nitrogen and oxygen atoms in total. The molecule has 1 aromatic heterocycles. The Morgan fingerprint density at radius 2 is 1.67 bits per heavy atom. The van der Waals surface area contributed by atoms with Crippen molar-refractivity contribution in [2.75, 3.05) is 20.8 Å². The van der Waals surface area contributed by atoms with Crippen molar-refractivity contribution in [2.45, 2.75) is 39.7 Å². The van der Waals surface area contributed by atoms with E-state index in [1.165, 1.54) is 0 Å². The van der Waals surface area contributed by atoms with E-state index in [0.29, 0.717) is 33.6 Å². The molecule has 7 heteroatoms. The smallest absolute Gasteiger partial charge is 0.340 e. The minimum atomic E-state index is -0.369. The van der Waals surface area contributed by atoms with Crippen molar-refractivity contribution in [3.05, 3.63) is 82.5 Å². The average molecular weight is 546 g/mol. The third-order valence-corrected chi connectivity index (χ3v) is 7.40. The Labute approximate surface area is 234 Å². The van der Waals surface area contributed by atoms with Crippen molar-refractivity contribution in [2.24, 2.45) is 0 Å². The lowest BCUT2D eigenvalue weighted by atomic mass is 9.85. The number of nitrogens with zero attached hydrogens (tertiary/aromatic N) is 1. The second-order valence-corrected chi connectivity index (χ2v) is 10.6. The van der Waals surface area contributed by atoms with Crippen LogP contribution in [0.5, 0.6) is 23.0 Å². The summed E-state index contributed by atoms with van der Waals surface area (Å²) in [5.41, 5.74) is 5.70. The van der Waals surface area contributed by atoms with Gasteiger partial charge in [-0.1, -0.05) is 23.7 Å². The molecule has 0 saturated heterocycles. The van der Waals surface area contributed by atoms with Crippen LogP contribution in [-0.2, 0) is 16.7 Å². The highest BCUT2D eigenvalue weighted by Crippen LogP contribution is 2.49. The SMILES string of the molecule is CCOC(=O)c1c(-c2cccc(Oc3ccc(Cl)cc3)c2)c(C)n2c1-c1cc(OC)c(OC)cc1CC2(C)C. The number of halogens is 1. The fraction of sp³-hybridized carbons (Fsp3) is 0.281. The van der Waals surface area contributed by atoms with E-state index in [4.69, 9.17) is 30.5 Å². The summed E-state index contributed by atoms with van der Waals surface area (Å²) < 4.78 is 25.3. The van der Waals surface area contributed by atoms with Crippen molar-refractivity contribution in [3.8, 4) is 45.4 Å². The zero-order valence-electron chi connectivity index (χ0n) is 23.1. The van der Waals surface area contributed by atoms with Gasteiger partial charge in [0, 0.05) is 27.4 Å². The maximum Gasteiger partial charge on any atom is 0.340 e. The molecule has 3 aromatic carbocycles. The normalized spacial score (nSPS) is 13.3. The van der Waals surface area contributed by atoms with Gasteiger partial charge in [0.25, 0.3) is 0 Å². The first kappa shape index (κ1) is 26.7.